The minimum absolute atomic E-state index is 0. The molecular weight excluding hydrogens is 260 g/mol. The second kappa shape index (κ2) is 5.51. The molecular formula is C15H21ClN2O. The van der Waals surface area contributed by atoms with Crippen LogP contribution in [0.2, 0.25) is 0 Å². The van der Waals surface area contributed by atoms with Crippen molar-refractivity contribution in [2.24, 2.45) is 0 Å². The monoisotopic (exact) mass is 280 g/mol. The molecule has 1 aliphatic carbocycles. The lowest BCUT2D eigenvalue weighted by Gasteiger charge is -2.17. The molecule has 1 heterocycles. The van der Waals surface area contributed by atoms with E-state index >= 15 is 0 Å². The predicted octanol–water partition coefficient (Wildman–Crippen LogP) is 2.49. The fourth-order valence-electron chi connectivity index (χ4n) is 2.98. The van der Waals surface area contributed by atoms with Crippen molar-refractivity contribution in [3.8, 4) is 0 Å². The van der Waals surface area contributed by atoms with Crippen LogP contribution in [0.1, 0.15) is 31.2 Å². The van der Waals surface area contributed by atoms with Gasteiger partial charge in [-0.3, -0.25) is 4.79 Å². The number of amides is 1. The molecule has 4 heteroatoms. The average Bonchev–Trinajstić information content (AvgIpc) is 3.09. The number of rotatable bonds is 4. The summed E-state index contributed by atoms with van der Waals surface area (Å²) in [5.74, 6) is 0.279. The Morgan fingerprint density at radius 3 is 2.79 bits per heavy atom. The fraction of sp³-hybridized carbons (Fsp3) is 0.533. The summed E-state index contributed by atoms with van der Waals surface area (Å²) in [6.45, 7) is 1.82. The number of nitrogens with one attached hydrogen (secondary N) is 1. The molecule has 0 bridgehead atoms. The van der Waals surface area contributed by atoms with Gasteiger partial charge in [0.25, 0.3) is 0 Å². The first-order chi connectivity index (χ1) is 8.77. The van der Waals surface area contributed by atoms with Crippen molar-refractivity contribution < 1.29 is 4.79 Å². The molecule has 1 aromatic carbocycles. The molecule has 104 valence electrons. The topological polar surface area (TPSA) is 32.3 Å². The van der Waals surface area contributed by atoms with Crippen LogP contribution in [0.25, 0.3) is 0 Å². The first kappa shape index (κ1) is 14.4. The van der Waals surface area contributed by atoms with Gasteiger partial charge in [-0.2, -0.15) is 0 Å². The Morgan fingerprint density at radius 2 is 2.11 bits per heavy atom. The van der Waals surface area contributed by atoms with Crippen molar-refractivity contribution in [1.82, 2.24) is 5.32 Å². The van der Waals surface area contributed by atoms with Crippen LogP contribution in [0, 0.1) is 0 Å². The number of nitrogens with zero attached hydrogens (tertiary/aromatic N) is 1. The van der Waals surface area contributed by atoms with Gasteiger partial charge < -0.3 is 10.2 Å². The maximum absolute atomic E-state index is 12.3. The van der Waals surface area contributed by atoms with Gasteiger partial charge in [0.2, 0.25) is 5.91 Å². The number of halogens is 1. The SMILES string of the molecule is CNCCCC(=O)N1CC2(CC2)c2ccccc21.Cl. The second-order valence-corrected chi connectivity index (χ2v) is 5.48. The Hall–Kier alpha value is -1.06. The van der Waals surface area contributed by atoms with Crippen molar-refractivity contribution in [1.29, 1.82) is 0 Å². The van der Waals surface area contributed by atoms with Crippen LogP contribution in [-0.4, -0.2) is 26.0 Å². The van der Waals surface area contributed by atoms with E-state index in [0.29, 0.717) is 11.8 Å². The van der Waals surface area contributed by atoms with E-state index in [2.05, 4.69) is 23.5 Å². The van der Waals surface area contributed by atoms with Crippen LogP contribution in [0.15, 0.2) is 24.3 Å². The van der Waals surface area contributed by atoms with Gasteiger partial charge in [0, 0.05) is 24.1 Å². The summed E-state index contributed by atoms with van der Waals surface area (Å²) < 4.78 is 0. The Morgan fingerprint density at radius 1 is 1.37 bits per heavy atom. The van der Waals surface area contributed by atoms with E-state index in [1.165, 1.54) is 18.4 Å². The molecule has 19 heavy (non-hydrogen) atoms. The molecule has 0 aromatic heterocycles. The lowest BCUT2D eigenvalue weighted by molar-refractivity contribution is -0.118. The first-order valence-electron chi connectivity index (χ1n) is 6.81. The highest BCUT2D eigenvalue weighted by Crippen LogP contribution is 2.56. The molecule has 0 saturated heterocycles. The number of hydrogen-bond acceptors (Lipinski definition) is 2. The third-order valence-electron chi connectivity index (χ3n) is 4.20. The van der Waals surface area contributed by atoms with E-state index in [9.17, 15) is 4.79 Å². The van der Waals surface area contributed by atoms with Crippen LogP contribution in [0.3, 0.4) is 0 Å². The molecule has 2 aliphatic rings. The van der Waals surface area contributed by atoms with Crippen molar-refractivity contribution in [2.75, 3.05) is 25.0 Å². The number of benzene rings is 1. The van der Waals surface area contributed by atoms with Gasteiger partial charge in [-0.05, 0) is 44.5 Å². The van der Waals surface area contributed by atoms with Gasteiger partial charge in [-0.15, -0.1) is 12.4 Å². The van der Waals surface area contributed by atoms with Crippen LogP contribution in [0.4, 0.5) is 5.69 Å². The molecule has 1 aliphatic heterocycles. The molecule has 1 fully saturated rings. The van der Waals surface area contributed by atoms with Crippen molar-refractivity contribution in [2.45, 2.75) is 31.1 Å². The standard InChI is InChI=1S/C15H20N2O.ClH/c1-16-10-4-7-14(18)17-11-15(8-9-15)12-5-2-3-6-13(12)17;/h2-3,5-6,16H,4,7-11H2,1H3;1H. The Kier molecular flexibility index (Phi) is 4.16. The zero-order chi connectivity index (χ0) is 12.6. The lowest BCUT2D eigenvalue weighted by atomic mass is 9.99. The molecule has 0 radical (unpaired) electrons. The van der Waals surface area contributed by atoms with E-state index in [0.717, 1.165) is 25.2 Å². The lowest BCUT2D eigenvalue weighted by Crippen LogP contribution is -2.31. The molecule has 0 atom stereocenters. The Labute approximate surface area is 120 Å². The smallest absolute Gasteiger partial charge is 0.227 e. The van der Waals surface area contributed by atoms with E-state index in [4.69, 9.17) is 0 Å². The molecule has 3 rings (SSSR count). The zero-order valence-electron chi connectivity index (χ0n) is 11.3. The van der Waals surface area contributed by atoms with Crippen LogP contribution < -0.4 is 10.2 Å². The first-order valence-corrected chi connectivity index (χ1v) is 6.81. The van der Waals surface area contributed by atoms with E-state index in [1.54, 1.807) is 0 Å². The van der Waals surface area contributed by atoms with Gasteiger partial charge in [0.05, 0.1) is 0 Å². The number of carbonyl (C=O) groups excluding carboxylic acids is 1. The molecule has 1 amide bonds. The molecule has 1 spiro atoms. The van der Waals surface area contributed by atoms with Gasteiger partial charge in [0.15, 0.2) is 0 Å². The number of anilines is 1. The molecule has 1 N–H and O–H groups in total. The largest absolute Gasteiger partial charge is 0.320 e. The van der Waals surface area contributed by atoms with Crippen molar-refractivity contribution in [3.63, 3.8) is 0 Å². The highest BCUT2D eigenvalue weighted by Gasteiger charge is 2.52. The highest BCUT2D eigenvalue weighted by molar-refractivity contribution is 5.96. The maximum Gasteiger partial charge on any atom is 0.227 e. The summed E-state index contributed by atoms with van der Waals surface area (Å²) in [6.07, 6.45) is 4.04. The molecule has 3 nitrogen and oxygen atoms in total. The van der Waals surface area contributed by atoms with Crippen LogP contribution in [0.5, 0.6) is 0 Å². The van der Waals surface area contributed by atoms with E-state index in [1.807, 2.05) is 18.0 Å². The minimum atomic E-state index is 0. The van der Waals surface area contributed by atoms with Gasteiger partial charge >= 0.3 is 0 Å². The summed E-state index contributed by atoms with van der Waals surface area (Å²) in [5.41, 5.74) is 2.87. The fourth-order valence-corrected chi connectivity index (χ4v) is 2.98. The normalized spacial score (nSPS) is 18.1. The van der Waals surface area contributed by atoms with Crippen molar-refractivity contribution in [3.05, 3.63) is 29.8 Å². The molecule has 1 aromatic rings. The van der Waals surface area contributed by atoms with Gasteiger partial charge in [0.1, 0.15) is 0 Å². The summed E-state index contributed by atoms with van der Waals surface area (Å²) >= 11 is 0. The van der Waals surface area contributed by atoms with E-state index in [-0.39, 0.29) is 18.3 Å². The Balaban J connectivity index is 0.00000133. The quantitative estimate of drug-likeness (QED) is 0.860. The number of para-hydroxylation sites is 1. The third-order valence-corrected chi connectivity index (χ3v) is 4.20. The number of hydrogen-bond donors (Lipinski definition) is 1. The summed E-state index contributed by atoms with van der Waals surface area (Å²) in [6, 6.07) is 8.42. The zero-order valence-corrected chi connectivity index (χ0v) is 12.1. The van der Waals surface area contributed by atoms with Gasteiger partial charge in [-0.25, -0.2) is 0 Å². The maximum atomic E-state index is 12.3. The third kappa shape index (κ3) is 2.49. The van der Waals surface area contributed by atoms with Gasteiger partial charge in [-0.1, -0.05) is 18.2 Å². The average molecular weight is 281 g/mol. The predicted molar refractivity (Wildman–Crippen MR) is 80.1 cm³/mol. The minimum Gasteiger partial charge on any atom is -0.320 e. The molecule has 1 saturated carbocycles. The summed E-state index contributed by atoms with van der Waals surface area (Å²) in [4.78, 5) is 14.3. The summed E-state index contributed by atoms with van der Waals surface area (Å²) in [5, 5.41) is 3.09. The van der Waals surface area contributed by atoms with Crippen LogP contribution >= 0.6 is 12.4 Å². The molecule has 0 unspecified atom stereocenters. The van der Waals surface area contributed by atoms with Crippen molar-refractivity contribution >= 4 is 24.0 Å². The summed E-state index contributed by atoms with van der Waals surface area (Å²) in [7, 11) is 1.93. The second-order valence-electron chi connectivity index (χ2n) is 5.48. The van der Waals surface area contributed by atoms with E-state index < -0.39 is 0 Å². The number of carbonyl (C=O) groups is 1. The Bertz CT molecular complexity index is 471. The highest BCUT2D eigenvalue weighted by atomic mass is 35.5. The van der Waals surface area contributed by atoms with Crippen LogP contribution in [-0.2, 0) is 10.2 Å². The number of fused-ring (bicyclic) bond motifs is 2.